The lowest BCUT2D eigenvalue weighted by Crippen LogP contribution is -2.07. The Labute approximate surface area is 199 Å². The Morgan fingerprint density at radius 2 is 1.71 bits per heavy atom. The van der Waals surface area contributed by atoms with Crippen molar-refractivity contribution in [1.29, 1.82) is 0 Å². The van der Waals surface area contributed by atoms with Gasteiger partial charge in [-0.2, -0.15) is 0 Å². The Balaban J connectivity index is 1.55. The summed E-state index contributed by atoms with van der Waals surface area (Å²) in [6.45, 7) is 5.05. The van der Waals surface area contributed by atoms with Gasteiger partial charge < -0.3 is 0 Å². The molecule has 0 bridgehead atoms. The van der Waals surface area contributed by atoms with Gasteiger partial charge in [-0.15, -0.1) is 10.2 Å². The van der Waals surface area contributed by atoms with E-state index in [9.17, 15) is 4.79 Å². The average molecular weight is 458 g/mol. The van der Waals surface area contributed by atoms with Gasteiger partial charge in [0, 0.05) is 24.9 Å². The van der Waals surface area contributed by atoms with Crippen LogP contribution >= 0.6 is 0 Å². The summed E-state index contributed by atoms with van der Waals surface area (Å²) in [5, 5.41) is 18.9. The van der Waals surface area contributed by atoms with Crippen LogP contribution in [0.25, 0.3) is 22.5 Å². The molecule has 0 aliphatic carbocycles. The molecule has 0 aliphatic rings. The minimum absolute atomic E-state index is 0.0335. The van der Waals surface area contributed by atoms with E-state index in [0.29, 0.717) is 24.5 Å². The predicted molar refractivity (Wildman–Crippen MR) is 131 cm³/mol. The summed E-state index contributed by atoms with van der Waals surface area (Å²) in [6, 6.07) is 16.5. The number of benzene rings is 2. The number of H-pyrrole nitrogens is 1. The van der Waals surface area contributed by atoms with Gasteiger partial charge in [-0.3, -0.25) is 4.79 Å². The second-order valence-corrected chi connectivity index (χ2v) is 8.48. The number of aromatic amines is 1. The minimum Gasteiger partial charge on any atom is -0.291 e. The molecule has 0 amide bonds. The molecule has 8 nitrogen and oxygen atoms in total. The zero-order valence-electron chi connectivity index (χ0n) is 19.9. The van der Waals surface area contributed by atoms with E-state index in [1.54, 1.807) is 0 Å². The van der Waals surface area contributed by atoms with Crippen LogP contribution in [0.4, 0.5) is 0 Å². The number of nitrogens with zero attached hydrogens (tertiary/aromatic N) is 6. The molecule has 4 aromatic rings. The molecule has 2 aromatic heterocycles. The van der Waals surface area contributed by atoms with Crippen LogP contribution in [0.15, 0.2) is 48.5 Å². The summed E-state index contributed by atoms with van der Waals surface area (Å²) >= 11 is 0. The van der Waals surface area contributed by atoms with E-state index in [4.69, 9.17) is 0 Å². The number of unbranched alkanes of at least 4 members (excludes halogenated alkanes) is 3. The molecule has 2 aromatic carbocycles. The molecule has 0 unspecified atom stereocenters. The van der Waals surface area contributed by atoms with Crippen LogP contribution in [-0.2, 0) is 13.0 Å². The third-order valence-electron chi connectivity index (χ3n) is 5.88. The number of aromatic nitrogens is 7. The molecule has 0 saturated carbocycles. The van der Waals surface area contributed by atoms with Crippen molar-refractivity contribution in [3.63, 3.8) is 0 Å². The first-order chi connectivity index (χ1) is 16.7. The van der Waals surface area contributed by atoms with Gasteiger partial charge in [-0.05, 0) is 40.0 Å². The molecular weight excluding hydrogens is 426 g/mol. The standard InChI is InChI=1S/C26H31N7O/c1-3-5-9-17-33-24(27-26(30-33)23(34)12-6-4-2)18-19-13-15-20(16-14-19)21-10-7-8-11-22(21)25-28-31-32-29-25/h7-8,10-11,13-16H,3-6,9,12,17-18H2,1-2H3,(H,28,29,31,32). The zero-order valence-corrected chi connectivity index (χ0v) is 19.9. The van der Waals surface area contributed by atoms with Crippen molar-refractivity contribution in [2.45, 2.75) is 65.3 Å². The number of hydrogen-bond acceptors (Lipinski definition) is 6. The van der Waals surface area contributed by atoms with Crippen molar-refractivity contribution >= 4 is 5.78 Å². The largest absolute Gasteiger partial charge is 0.291 e. The van der Waals surface area contributed by atoms with E-state index in [0.717, 1.165) is 66.7 Å². The van der Waals surface area contributed by atoms with Crippen LogP contribution in [0.2, 0.25) is 0 Å². The minimum atomic E-state index is 0.0335. The van der Waals surface area contributed by atoms with Crippen LogP contribution in [0.3, 0.4) is 0 Å². The molecule has 0 spiro atoms. The number of tetrazole rings is 1. The molecule has 2 heterocycles. The first-order valence-electron chi connectivity index (χ1n) is 12.1. The van der Waals surface area contributed by atoms with Crippen LogP contribution in [0, 0.1) is 0 Å². The smallest absolute Gasteiger partial charge is 0.217 e. The van der Waals surface area contributed by atoms with E-state index in [1.165, 1.54) is 0 Å². The molecule has 0 radical (unpaired) electrons. The van der Waals surface area contributed by atoms with Crippen molar-refractivity contribution in [1.82, 2.24) is 35.4 Å². The number of nitrogens with one attached hydrogen (secondary N) is 1. The highest BCUT2D eigenvalue weighted by atomic mass is 16.1. The van der Waals surface area contributed by atoms with Crippen molar-refractivity contribution < 1.29 is 4.79 Å². The van der Waals surface area contributed by atoms with Crippen molar-refractivity contribution in [3.8, 4) is 22.5 Å². The van der Waals surface area contributed by atoms with Gasteiger partial charge in [-0.25, -0.2) is 14.8 Å². The van der Waals surface area contributed by atoms with Crippen LogP contribution in [0.1, 0.15) is 74.4 Å². The fraction of sp³-hybridized carbons (Fsp3) is 0.385. The Morgan fingerprint density at radius 1 is 0.941 bits per heavy atom. The van der Waals surface area contributed by atoms with Gasteiger partial charge >= 0.3 is 0 Å². The number of carbonyl (C=O) groups excluding carboxylic acids is 1. The summed E-state index contributed by atoms with van der Waals surface area (Å²) in [5.74, 6) is 1.87. The molecule has 176 valence electrons. The third kappa shape index (κ3) is 5.62. The van der Waals surface area contributed by atoms with Gasteiger partial charge in [0.1, 0.15) is 5.82 Å². The molecule has 4 rings (SSSR count). The van der Waals surface area contributed by atoms with E-state index in [1.807, 2.05) is 22.9 Å². The molecular formula is C26H31N7O. The van der Waals surface area contributed by atoms with Gasteiger partial charge in [0.2, 0.25) is 11.6 Å². The van der Waals surface area contributed by atoms with Gasteiger partial charge in [0.25, 0.3) is 0 Å². The Kier molecular flexibility index (Phi) is 7.91. The quantitative estimate of drug-likeness (QED) is 0.229. The first-order valence-corrected chi connectivity index (χ1v) is 12.1. The molecule has 0 saturated heterocycles. The van der Waals surface area contributed by atoms with Gasteiger partial charge in [0.05, 0.1) is 0 Å². The third-order valence-corrected chi connectivity index (χ3v) is 5.88. The lowest BCUT2D eigenvalue weighted by molar-refractivity contribution is 0.0969. The highest BCUT2D eigenvalue weighted by Gasteiger charge is 2.17. The van der Waals surface area contributed by atoms with Crippen LogP contribution < -0.4 is 0 Å². The molecule has 0 aliphatic heterocycles. The molecule has 34 heavy (non-hydrogen) atoms. The normalized spacial score (nSPS) is 11.1. The van der Waals surface area contributed by atoms with E-state index < -0.39 is 0 Å². The maximum Gasteiger partial charge on any atom is 0.217 e. The zero-order chi connectivity index (χ0) is 23.8. The molecule has 1 N–H and O–H groups in total. The monoisotopic (exact) mass is 457 g/mol. The van der Waals surface area contributed by atoms with Crippen molar-refractivity contribution in [2.75, 3.05) is 0 Å². The number of Topliss-reactive ketones (excluding diaryl/α,β-unsaturated/α-hetero) is 1. The second-order valence-electron chi connectivity index (χ2n) is 8.48. The Bertz CT molecular complexity index is 1200. The first kappa shape index (κ1) is 23.5. The summed E-state index contributed by atoms with van der Waals surface area (Å²) in [6.07, 6.45) is 6.29. The van der Waals surface area contributed by atoms with Crippen molar-refractivity contribution in [2.24, 2.45) is 0 Å². The van der Waals surface area contributed by atoms with E-state index in [2.05, 4.69) is 74.9 Å². The fourth-order valence-electron chi connectivity index (χ4n) is 3.96. The van der Waals surface area contributed by atoms with Crippen molar-refractivity contribution in [3.05, 3.63) is 65.7 Å². The summed E-state index contributed by atoms with van der Waals surface area (Å²) < 4.78 is 1.93. The highest BCUT2D eigenvalue weighted by Crippen LogP contribution is 2.30. The number of hydrogen-bond donors (Lipinski definition) is 1. The summed E-state index contributed by atoms with van der Waals surface area (Å²) in [5.41, 5.74) is 4.21. The fourth-order valence-corrected chi connectivity index (χ4v) is 3.96. The Hall–Kier alpha value is -3.68. The maximum atomic E-state index is 12.5. The van der Waals surface area contributed by atoms with Gasteiger partial charge in [-0.1, -0.05) is 81.6 Å². The average Bonchev–Trinajstić information content (AvgIpc) is 3.54. The topological polar surface area (TPSA) is 102 Å². The number of ketones is 1. The lowest BCUT2D eigenvalue weighted by Gasteiger charge is -2.09. The number of aryl methyl sites for hydroxylation is 1. The Morgan fingerprint density at radius 3 is 2.41 bits per heavy atom. The molecule has 0 atom stereocenters. The number of rotatable bonds is 12. The second kappa shape index (κ2) is 11.4. The van der Waals surface area contributed by atoms with Gasteiger partial charge in [0.15, 0.2) is 5.82 Å². The molecule has 8 heteroatoms. The predicted octanol–water partition coefficient (Wildman–Crippen LogP) is 5.28. The summed E-state index contributed by atoms with van der Waals surface area (Å²) in [4.78, 5) is 17.2. The highest BCUT2D eigenvalue weighted by molar-refractivity contribution is 5.92. The van der Waals surface area contributed by atoms with E-state index in [-0.39, 0.29) is 5.78 Å². The van der Waals surface area contributed by atoms with Crippen LogP contribution in [-0.4, -0.2) is 41.2 Å². The van der Waals surface area contributed by atoms with Crippen LogP contribution in [0.5, 0.6) is 0 Å². The maximum absolute atomic E-state index is 12.5. The summed E-state index contributed by atoms with van der Waals surface area (Å²) in [7, 11) is 0. The van der Waals surface area contributed by atoms with E-state index >= 15 is 0 Å². The number of carbonyl (C=O) groups is 1. The SMILES string of the molecule is CCCCCn1nc(C(=O)CCCC)nc1Cc1ccc(-c2ccccc2-c2nnn[nH]2)cc1. The lowest BCUT2D eigenvalue weighted by atomic mass is 9.98. The molecule has 0 fully saturated rings.